The van der Waals surface area contributed by atoms with Crippen LogP contribution in [0.5, 0.6) is 5.75 Å². The van der Waals surface area contributed by atoms with Gasteiger partial charge in [-0.2, -0.15) is 0 Å². The van der Waals surface area contributed by atoms with Crippen molar-refractivity contribution in [3.63, 3.8) is 0 Å². The number of esters is 1. The number of ether oxygens (including phenoxy) is 2. The summed E-state index contributed by atoms with van der Waals surface area (Å²) in [7, 11) is 1.59. The number of hydrogen-bond acceptors (Lipinski definition) is 5. The SMILES string of the molecule is COc1ccc2oc(C(=O)OCC(=O)N[C@@H](C)[C@@H]3C[C@@H]4CC[C@@H]3C4)c(C)c2c1. The average molecular weight is 385 g/mol. The standard InChI is InChI=1S/C22H27NO5/c1-12-17-10-16(26-3)6-7-19(17)28-21(12)22(25)27-11-20(24)23-13(2)18-9-14-4-5-15(18)8-14/h6-7,10,13-15,18H,4-5,8-9,11H2,1-3H3,(H,23,24)/t13-,14+,15+,18-/m0/s1. The van der Waals surface area contributed by atoms with E-state index < -0.39 is 5.97 Å². The zero-order chi connectivity index (χ0) is 19.8. The molecule has 0 unspecified atom stereocenters. The number of fused-ring (bicyclic) bond motifs is 3. The molecule has 6 nitrogen and oxygen atoms in total. The van der Waals surface area contributed by atoms with E-state index in [0.29, 0.717) is 22.8 Å². The molecule has 4 rings (SSSR count). The first kappa shape index (κ1) is 18.8. The van der Waals surface area contributed by atoms with Gasteiger partial charge >= 0.3 is 5.97 Å². The molecule has 0 radical (unpaired) electrons. The second-order valence-corrected chi connectivity index (χ2v) is 8.19. The van der Waals surface area contributed by atoms with Crippen LogP contribution in [0, 0.1) is 24.7 Å². The quantitative estimate of drug-likeness (QED) is 0.764. The van der Waals surface area contributed by atoms with Crippen molar-refractivity contribution in [1.29, 1.82) is 0 Å². The molecule has 2 bridgehead atoms. The summed E-state index contributed by atoms with van der Waals surface area (Å²) in [6.45, 7) is 3.55. The Balaban J connectivity index is 1.34. The van der Waals surface area contributed by atoms with E-state index >= 15 is 0 Å². The van der Waals surface area contributed by atoms with Crippen molar-refractivity contribution >= 4 is 22.8 Å². The van der Waals surface area contributed by atoms with Gasteiger partial charge in [0.1, 0.15) is 11.3 Å². The van der Waals surface area contributed by atoms with Gasteiger partial charge in [0.25, 0.3) is 5.91 Å². The first-order chi connectivity index (χ1) is 13.5. The van der Waals surface area contributed by atoms with Crippen molar-refractivity contribution in [3.8, 4) is 5.75 Å². The van der Waals surface area contributed by atoms with E-state index in [0.717, 1.165) is 17.2 Å². The van der Waals surface area contributed by atoms with Crippen molar-refractivity contribution in [2.24, 2.45) is 17.8 Å². The summed E-state index contributed by atoms with van der Waals surface area (Å²) in [5.74, 6) is 2.03. The Morgan fingerprint density at radius 3 is 2.79 bits per heavy atom. The normalized spacial score (nSPS) is 24.3. The van der Waals surface area contributed by atoms with Gasteiger partial charge in [-0.1, -0.05) is 6.42 Å². The van der Waals surface area contributed by atoms with Crippen LogP contribution < -0.4 is 10.1 Å². The van der Waals surface area contributed by atoms with Crippen LogP contribution in [0.25, 0.3) is 11.0 Å². The molecule has 1 aromatic carbocycles. The summed E-state index contributed by atoms with van der Waals surface area (Å²) in [5.41, 5.74) is 1.26. The van der Waals surface area contributed by atoms with Crippen LogP contribution in [0.3, 0.4) is 0 Å². The largest absolute Gasteiger partial charge is 0.497 e. The van der Waals surface area contributed by atoms with Gasteiger partial charge in [-0.15, -0.1) is 0 Å². The minimum Gasteiger partial charge on any atom is -0.497 e. The summed E-state index contributed by atoms with van der Waals surface area (Å²) in [6.07, 6.45) is 5.12. The lowest BCUT2D eigenvalue weighted by Crippen LogP contribution is -2.42. The molecule has 1 heterocycles. The number of rotatable bonds is 6. The summed E-state index contributed by atoms with van der Waals surface area (Å²) in [5, 5.41) is 3.80. The predicted molar refractivity (Wildman–Crippen MR) is 104 cm³/mol. The number of aryl methyl sites for hydroxylation is 1. The number of methoxy groups -OCH3 is 1. The number of carbonyl (C=O) groups is 2. The maximum Gasteiger partial charge on any atom is 0.375 e. The van der Waals surface area contributed by atoms with E-state index in [1.807, 2.05) is 6.07 Å². The van der Waals surface area contributed by atoms with Crippen molar-refractivity contribution < 1.29 is 23.5 Å². The molecule has 4 atom stereocenters. The molecule has 2 fully saturated rings. The van der Waals surface area contributed by atoms with Gasteiger partial charge < -0.3 is 19.2 Å². The molecule has 0 aliphatic heterocycles. The van der Waals surface area contributed by atoms with Gasteiger partial charge in [-0.3, -0.25) is 4.79 Å². The van der Waals surface area contributed by atoms with Gasteiger partial charge in [0.15, 0.2) is 6.61 Å². The fourth-order valence-electron chi connectivity index (χ4n) is 5.03. The minimum atomic E-state index is -0.629. The molecule has 0 spiro atoms. The van der Waals surface area contributed by atoms with Gasteiger partial charge in [-0.25, -0.2) is 4.79 Å². The summed E-state index contributed by atoms with van der Waals surface area (Å²) in [4.78, 5) is 24.7. The van der Waals surface area contributed by atoms with E-state index in [-0.39, 0.29) is 24.3 Å². The highest BCUT2D eigenvalue weighted by atomic mass is 16.5. The first-order valence-corrected chi connectivity index (χ1v) is 10.00. The highest BCUT2D eigenvalue weighted by Gasteiger charge is 2.42. The molecule has 1 aromatic heterocycles. The maximum atomic E-state index is 12.4. The monoisotopic (exact) mass is 385 g/mol. The minimum absolute atomic E-state index is 0.113. The molecule has 2 aliphatic rings. The molecule has 1 N–H and O–H groups in total. The third-order valence-electron chi connectivity index (χ3n) is 6.49. The molecule has 2 aliphatic carbocycles. The summed E-state index contributed by atoms with van der Waals surface area (Å²) < 4.78 is 16.0. The third kappa shape index (κ3) is 3.48. The Morgan fingerprint density at radius 1 is 1.29 bits per heavy atom. The van der Waals surface area contributed by atoms with Gasteiger partial charge in [-0.05, 0) is 69.1 Å². The Hall–Kier alpha value is -2.50. The van der Waals surface area contributed by atoms with Gasteiger partial charge in [0, 0.05) is 17.0 Å². The topological polar surface area (TPSA) is 77.8 Å². The lowest BCUT2D eigenvalue weighted by Gasteiger charge is -2.28. The highest BCUT2D eigenvalue weighted by molar-refractivity contribution is 5.97. The van der Waals surface area contributed by atoms with Crippen molar-refractivity contribution in [3.05, 3.63) is 29.5 Å². The molecule has 6 heteroatoms. The molecule has 1 amide bonds. The molecule has 28 heavy (non-hydrogen) atoms. The van der Waals surface area contributed by atoms with Crippen LogP contribution in [0.4, 0.5) is 0 Å². The van der Waals surface area contributed by atoms with E-state index in [4.69, 9.17) is 13.9 Å². The van der Waals surface area contributed by atoms with Crippen LogP contribution >= 0.6 is 0 Å². The van der Waals surface area contributed by atoms with Gasteiger partial charge in [0.05, 0.1) is 7.11 Å². The van der Waals surface area contributed by atoms with E-state index in [2.05, 4.69) is 12.2 Å². The van der Waals surface area contributed by atoms with Crippen LogP contribution in [0.1, 0.15) is 48.7 Å². The van der Waals surface area contributed by atoms with E-state index in [9.17, 15) is 9.59 Å². The number of amides is 1. The zero-order valence-corrected chi connectivity index (χ0v) is 16.6. The Kier molecular flexibility index (Phi) is 5.04. The number of benzene rings is 1. The van der Waals surface area contributed by atoms with Crippen molar-refractivity contribution in [2.45, 2.75) is 45.6 Å². The van der Waals surface area contributed by atoms with Crippen LogP contribution in [-0.2, 0) is 9.53 Å². The van der Waals surface area contributed by atoms with Crippen LogP contribution in [-0.4, -0.2) is 31.6 Å². The fourth-order valence-corrected chi connectivity index (χ4v) is 5.03. The molecule has 150 valence electrons. The summed E-state index contributed by atoms with van der Waals surface area (Å²) >= 11 is 0. The fraction of sp³-hybridized carbons (Fsp3) is 0.545. The Bertz CT molecular complexity index is 902. The zero-order valence-electron chi connectivity index (χ0n) is 16.6. The maximum absolute atomic E-state index is 12.4. The average Bonchev–Trinajstić information content (AvgIpc) is 3.40. The van der Waals surface area contributed by atoms with Crippen LogP contribution in [0.15, 0.2) is 22.6 Å². The van der Waals surface area contributed by atoms with Gasteiger partial charge in [0.2, 0.25) is 5.76 Å². The van der Waals surface area contributed by atoms with E-state index in [1.54, 1.807) is 26.2 Å². The van der Waals surface area contributed by atoms with Crippen molar-refractivity contribution in [2.75, 3.05) is 13.7 Å². The second-order valence-electron chi connectivity index (χ2n) is 8.19. The third-order valence-corrected chi connectivity index (χ3v) is 6.49. The smallest absolute Gasteiger partial charge is 0.375 e. The molecular weight excluding hydrogens is 358 g/mol. The lowest BCUT2D eigenvalue weighted by molar-refractivity contribution is -0.125. The lowest BCUT2D eigenvalue weighted by atomic mass is 9.84. The number of furan rings is 1. The van der Waals surface area contributed by atoms with E-state index in [1.165, 1.54) is 25.7 Å². The molecular formula is C22H27NO5. The predicted octanol–water partition coefficient (Wildman–Crippen LogP) is 3.85. The number of hydrogen-bond donors (Lipinski definition) is 1. The van der Waals surface area contributed by atoms with Crippen molar-refractivity contribution in [1.82, 2.24) is 5.32 Å². The highest BCUT2D eigenvalue weighted by Crippen LogP contribution is 2.49. The number of nitrogens with one attached hydrogen (secondary N) is 1. The van der Waals surface area contributed by atoms with Crippen LogP contribution in [0.2, 0.25) is 0 Å². The Morgan fingerprint density at radius 2 is 2.11 bits per heavy atom. The molecule has 2 saturated carbocycles. The Labute approximate surface area is 164 Å². The first-order valence-electron chi connectivity index (χ1n) is 10.00. The summed E-state index contributed by atoms with van der Waals surface area (Å²) in [6, 6.07) is 5.45. The molecule has 2 aromatic rings. The molecule has 0 saturated heterocycles. The number of carbonyl (C=O) groups excluding carboxylic acids is 2. The second kappa shape index (κ2) is 7.49.